The Kier molecular flexibility index (Phi) is 4.54. The van der Waals surface area contributed by atoms with Crippen molar-refractivity contribution in [3.8, 4) is 6.07 Å². The van der Waals surface area contributed by atoms with Crippen molar-refractivity contribution in [1.82, 2.24) is 9.55 Å². The fraction of sp³-hybridized carbons (Fsp3) is 0.444. The molecule has 3 nitrogen and oxygen atoms in total. The molecule has 1 aliphatic rings. The number of aromatic nitrogens is 2. The summed E-state index contributed by atoms with van der Waals surface area (Å²) in [5, 5.41) is 10.1. The minimum atomic E-state index is 0.620. The third-order valence-electron chi connectivity index (χ3n) is 4.47. The molecular formula is C18H21N3S. The second-order valence-corrected chi connectivity index (χ2v) is 6.92. The van der Waals surface area contributed by atoms with Crippen LogP contribution in [0.1, 0.15) is 54.2 Å². The van der Waals surface area contributed by atoms with Crippen molar-refractivity contribution in [2.45, 2.75) is 56.5 Å². The molecule has 0 atom stereocenters. The molecule has 1 saturated carbocycles. The fourth-order valence-electron chi connectivity index (χ4n) is 3.17. The van der Waals surface area contributed by atoms with E-state index < -0.39 is 0 Å². The summed E-state index contributed by atoms with van der Waals surface area (Å²) < 4.78 is 2.45. The molecule has 3 rings (SSSR count). The Bertz CT molecular complexity index is 706. The Balaban J connectivity index is 1.80. The normalized spacial score (nSPS) is 15.1. The number of imidazole rings is 1. The van der Waals surface area contributed by atoms with E-state index in [1.165, 1.54) is 36.9 Å². The summed E-state index contributed by atoms with van der Waals surface area (Å²) in [5.74, 6) is 0.859. The number of benzene rings is 1. The molecule has 4 heteroatoms. The van der Waals surface area contributed by atoms with E-state index in [-0.39, 0.29) is 0 Å². The average molecular weight is 311 g/mol. The highest BCUT2D eigenvalue weighted by atomic mass is 32.2. The zero-order valence-corrected chi connectivity index (χ0v) is 14.0. The van der Waals surface area contributed by atoms with Gasteiger partial charge in [0, 0.05) is 17.5 Å². The average Bonchev–Trinajstić information content (AvgIpc) is 3.14. The highest BCUT2D eigenvalue weighted by molar-refractivity contribution is 7.98. The molecule has 0 aliphatic heterocycles. The first-order valence-corrected chi connectivity index (χ1v) is 8.85. The first-order chi connectivity index (χ1) is 10.7. The van der Waals surface area contributed by atoms with E-state index in [9.17, 15) is 0 Å². The van der Waals surface area contributed by atoms with Crippen molar-refractivity contribution < 1.29 is 0 Å². The van der Waals surface area contributed by atoms with Crippen LogP contribution in [0.5, 0.6) is 0 Å². The Morgan fingerprint density at radius 3 is 2.82 bits per heavy atom. The molecule has 0 bridgehead atoms. The molecule has 0 radical (unpaired) electrons. The lowest BCUT2D eigenvalue weighted by Crippen LogP contribution is -2.08. The van der Waals surface area contributed by atoms with E-state index >= 15 is 0 Å². The standard InChI is InChI=1S/C18H21N3S/c1-13-14(2)21(17-8-3-4-9-17)18(20-13)22-12-16-7-5-6-15(10-16)11-19/h5-7,10,17H,3-4,8-9,12H2,1-2H3. The van der Waals surface area contributed by atoms with Gasteiger partial charge in [0.2, 0.25) is 0 Å². The van der Waals surface area contributed by atoms with Crippen LogP contribution >= 0.6 is 11.8 Å². The van der Waals surface area contributed by atoms with E-state index in [1.807, 2.05) is 18.2 Å². The Morgan fingerprint density at radius 1 is 1.32 bits per heavy atom. The summed E-state index contributed by atoms with van der Waals surface area (Å²) in [6, 6.07) is 10.7. The number of nitriles is 1. The fourth-order valence-corrected chi connectivity index (χ4v) is 4.27. The minimum absolute atomic E-state index is 0.620. The zero-order valence-electron chi connectivity index (χ0n) is 13.2. The third-order valence-corrected chi connectivity index (χ3v) is 5.49. The Labute approximate surface area is 136 Å². The van der Waals surface area contributed by atoms with Gasteiger partial charge in [0.05, 0.1) is 17.3 Å². The molecule has 2 aromatic rings. The van der Waals surface area contributed by atoms with Gasteiger partial charge in [-0.05, 0) is 44.4 Å². The predicted octanol–water partition coefficient (Wildman–Crippen LogP) is 4.78. The maximum atomic E-state index is 9.00. The van der Waals surface area contributed by atoms with Crippen LogP contribution in [0.2, 0.25) is 0 Å². The van der Waals surface area contributed by atoms with Gasteiger partial charge in [-0.2, -0.15) is 5.26 Å². The van der Waals surface area contributed by atoms with Crippen LogP contribution in [0.25, 0.3) is 0 Å². The molecule has 1 fully saturated rings. The predicted molar refractivity (Wildman–Crippen MR) is 89.9 cm³/mol. The van der Waals surface area contributed by atoms with Gasteiger partial charge in [-0.15, -0.1) is 0 Å². The zero-order chi connectivity index (χ0) is 15.5. The Hall–Kier alpha value is -1.73. The first-order valence-electron chi connectivity index (χ1n) is 7.86. The van der Waals surface area contributed by atoms with E-state index in [2.05, 4.69) is 30.6 Å². The maximum absolute atomic E-state index is 9.00. The van der Waals surface area contributed by atoms with Crippen molar-refractivity contribution in [1.29, 1.82) is 5.26 Å². The summed E-state index contributed by atoms with van der Waals surface area (Å²) in [6.45, 7) is 4.28. The third kappa shape index (κ3) is 3.05. The van der Waals surface area contributed by atoms with Gasteiger partial charge in [-0.25, -0.2) is 4.98 Å². The number of hydrogen-bond acceptors (Lipinski definition) is 3. The molecule has 1 aromatic carbocycles. The summed E-state index contributed by atoms with van der Waals surface area (Å²) in [4.78, 5) is 4.77. The van der Waals surface area contributed by atoms with E-state index in [1.54, 1.807) is 11.8 Å². The van der Waals surface area contributed by atoms with Crippen molar-refractivity contribution >= 4 is 11.8 Å². The molecule has 0 N–H and O–H groups in total. The van der Waals surface area contributed by atoms with E-state index in [0.717, 1.165) is 22.2 Å². The van der Waals surface area contributed by atoms with Crippen molar-refractivity contribution in [3.05, 3.63) is 46.8 Å². The number of nitrogens with zero attached hydrogens (tertiary/aromatic N) is 3. The number of thioether (sulfide) groups is 1. The second-order valence-electron chi connectivity index (χ2n) is 5.97. The highest BCUT2D eigenvalue weighted by Crippen LogP contribution is 2.36. The maximum Gasteiger partial charge on any atom is 0.169 e. The van der Waals surface area contributed by atoms with Crippen LogP contribution in [0.15, 0.2) is 29.4 Å². The molecule has 1 aliphatic carbocycles. The van der Waals surface area contributed by atoms with E-state index in [4.69, 9.17) is 10.2 Å². The van der Waals surface area contributed by atoms with Gasteiger partial charge in [-0.3, -0.25) is 0 Å². The monoisotopic (exact) mass is 311 g/mol. The Morgan fingerprint density at radius 2 is 2.09 bits per heavy atom. The number of aryl methyl sites for hydroxylation is 1. The lowest BCUT2D eigenvalue weighted by molar-refractivity contribution is 0.471. The lowest BCUT2D eigenvalue weighted by Gasteiger charge is -2.17. The molecule has 22 heavy (non-hydrogen) atoms. The van der Waals surface area contributed by atoms with Gasteiger partial charge in [0.15, 0.2) is 5.16 Å². The molecule has 1 heterocycles. The van der Waals surface area contributed by atoms with Gasteiger partial charge in [0.1, 0.15) is 0 Å². The molecule has 0 unspecified atom stereocenters. The van der Waals surface area contributed by atoms with Crippen LogP contribution < -0.4 is 0 Å². The van der Waals surface area contributed by atoms with Crippen LogP contribution in [0.3, 0.4) is 0 Å². The SMILES string of the molecule is Cc1nc(SCc2cccc(C#N)c2)n(C2CCCC2)c1C. The van der Waals surface area contributed by atoms with Gasteiger partial charge < -0.3 is 4.57 Å². The van der Waals surface area contributed by atoms with Crippen LogP contribution in [0, 0.1) is 25.2 Å². The van der Waals surface area contributed by atoms with Gasteiger partial charge in [-0.1, -0.05) is 36.7 Å². The molecule has 1 aromatic heterocycles. The second kappa shape index (κ2) is 6.58. The largest absolute Gasteiger partial charge is 0.320 e. The summed E-state index contributed by atoms with van der Waals surface area (Å²) in [7, 11) is 0. The van der Waals surface area contributed by atoms with Crippen molar-refractivity contribution in [3.63, 3.8) is 0 Å². The first kappa shape index (κ1) is 15.2. The molecule has 0 amide bonds. The van der Waals surface area contributed by atoms with Crippen LogP contribution in [-0.2, 0) is 5.75 Å². The van der Waals surface area contributed by atoms with Crippen molar-refractivity contribution in [2.24, 2.45) is 0 Å². The molecule has 0 saturated heterocycles. The summed E-state index contributed by atoms with van der Waals surface area (Å²) in [6.07, 6.45) is 5.20. The summed E-state index contributed by atoms with van der Waals surface area (Å²) in [5.41, 5.74) is 4.35. The number of hydrogen-bond donors (Lipinski definition) is 0. The minimum Gasteiger partial charge on any atom is -0.320 e. The van der Waals surface area contributed by atoms with Gasteiger partial charge >= 0.3 is 0 Å². The van der Waals surface area contributed by atoms with Gasteiger partial charge in [0.25, 0.3) is 0 Å². The molecule has 114 valence electrons. The highest BCUT2D eigenvalue weighted by Gasteiger charge is 2.23. The molecule has 0 spiro atoms. The smallest absolute Gasteiger partial charge is 0.169 e. The van der Waals surface area contributed by atoms with Crippen LogP contribution in [-0.4, -0.2) is 9.55 Å². The summed E-state index contributed by atoms with van der Waals surface area (Å²) >= 11 is 1.78. The van der Waals surface area contributed by atoms with E-state index in [0.29, 0.717) is 6.04 Å². The number of rotatable bonds is 4. The topological polar surface area (TPSA) is 41.6 Å². The van der Waals surface area contributed by atoms with Crippen molar-refractivity contribution in [2.75, 3.05) is 0 Å². The lowest BCUT2D eigenvalue weighted by atomic mass is 10.2. The molecular weight excluding hydrogens is 290 g/mol. The quantitative estimate of drug-likeness (QED) is 0.763. The van der Waals surface area contributed by atoms with Crippen LogP contribution in [0.4, 0.5) is 0 Å².